The van der Waals surface area contributed by atoms with Crippen LogP contribution < -0.4 is 22.3 Å². The molecule has 9 heteroatoms. The van der Waals surface area contributed by atoms with Gasteiger partial charge in [0, 0.05) is 6.54 Å². The number of anilines is 2. The fourth-order valence-corrected chi connectivity index (χ4v) is 1.69. The number of nitrogens with one attached hydrogen (secondary N) is 3. The summed E-state index contributed by atoms with van der Waals surface area (Å²) in [6.07, 6.45) is 2.10. The summed E-state index contributed by atoms with van der Waals surface area (Å²) < 4.78 is 1.32. The van der Waals surface area contributed by atoms with Crippen LogP contribution in [0.1, 0.15) is 19.2 Å². The lowest BCUT2D eigenvalue weighted by Crippen LogP contribution is -2.34. The molecule has 0 atom stereocenters. The van der Waals surface area contributed by atoms with Crippen molar-refractivity contribution in [1.29, 1.82) is 0 Å². The molecule has 0 unspecified atom stereocenters. The van der Waals surface area contributed by atoms with E-state index in [1.54, 1.807) is 0 Å². The van der Waals surface area contributed by atoms with Gasteiger partial charge in [-0.05, 0) is 6.42 Å². The van der Waals surface area contributed by atoms with Crippen molar-refractivity contribution in [2.24, 2.45) is 0 Å². The highest BCUT2D eigenvalue weighted by atomic mass is 16.2. The van der Waals surface area contributed by atoms with Crippen molar-refractivity contribution in [3.05, 3.63) is 33.0 Å². The van der Waals surface area contributed by atoms with E-state index in [4.69, 9.17) is 5.73 Å². The van der Waals surface area contributed by atoms with Gasteiger partial charge in [-0.25, -0.2) is 9.78 Å². The van der Waals surface area contributed by atoms with Crippen LogP contribution in [-0.4, -0.2) is 24.7 Å². The van der Waals surface area contributed by atoms with Crippen LogP contribution in [0.15, 0.2) is 15.9 Å². The Hall–Kier alpha value is -2.58. The molecule has 0 radical (unpaired) electrons. The first-order valence-electron chi connectivity index (χ1n) is 5.84. The fraction of sp³-hybridized carbons (Fsp3) is 0.400. The molecule has 0 spiro atoms. The third kappa shape index (κ3) is 2.64. The van der Waals surface area contributed by atoms with Gasteiger partial charge in [-0.1, -0.05) is 6.92 Å². The van der Waals surface area contributed by atoms with Crippen LogP contribution in [0.5, 0.6) is 0 Å². The molecular weight excluding hydrogens is 250 g/mol. The lowest BCUT2D eigenvalue weighted by Gasteiger charge is -2.12. The van der Waals surface area contributed by atoms with Crippen molar-refractivity contribution in [3.8, 4) is 0 Å². The van der Waals surface area contributed by atoms with E-state index in [0.29, 0.717) is 12.4 Å². The molecule has 0 aliphatic rings. The number of aromatic amines is 2. The molecule has 5 N–H and O–H groups in total. The Morgan fingerprint density at radius 2 is 2.26 bits per heavy atom. The van der Waals surface area contributed by atoms with Crippen molar-refractivity contribution in [2.45, 2.75) is 26.4 Å². The van der Waals surface area contributed by atoms with E-state index in [-0.39, 0.29) is 18.1 Å². The molecule has 0 aliphatic carbocycles. The van der Waals surface area contributed by atoms with Crippen LogP contribution in [0.25, 0.3) is 0 Å². The molecule has 102 valence electrons. The van der Waals surface area contributed by atoms with Gasteiger partial charge in [0.25, 0.3) is 5.56 Å². The van der Waals surface area contributed by atoms with Crippen LogP contribution in [0.4, 0.5) is 11.5 Å². The van der Waals surface area contributed by atoms with Gasteiger partial charge < -0.3 is 11.1 Å². The van der Waals surface area contributed by atoms with Crippen LogP contribution >= 0.6 is 0 Å². The Labute approximate surface area is 107 Å². The van der Waals surface area contributed by atoms with Gasteiger partial charge in [-0.2, -0.15) is 5.10 Å². The van der Waals surface area contributed by atoms with Crippen molar-refractivity contribution in [3.63, 3.8) is 0 Å². The van der Waals surface area contributed by atoms with Gasteiger partial charge in [-0.3, -0.25) is 19.4 Å². The maximum Gasteiger partial charge on any atom is 0.330 e. The molecule has 2 heterocycles. The van der Waals surface area contributed by atoms with E-state index < -0.39 is 11.2 Å². The van der Waals surface area contributed by atoms with Gasteiger partial charge in [0.2, 0.25) is 0 Å². The summed E-state index contributed by atoms with van der Waals surface area (Å²) in [4.78, 5) is 29.5. The minimum absolute atomic E-state index is 0.120. The van der Waals surface area contributed by atoms with Crippen LogP contribution in [0, 0.1) is 0 Å². The Balaban J connectivity index is 2.31. The van der Waals surface area contributed by atoms with Crippen molar-refractivity contribution < 1.29 is 0 Å². The van der Waals surface area contributed by atoms with E-state index >= 15 is 0 Å². The standard InChI is InChI=1S/C10H15N7O2/c1-2-3-17-8(11)7(9(18)15-10(17)19)12-4-6-13-5-14-16-6/h5,12H,2-4,11H2,1H3,(H,13,14,16)(H,15,18,19). The van der Waals surface area contributed by atoms with Gasteiger partial charge in [0.15, 0.2) is 0 Å². The Bertz CT molecular complexity index is 656. The first-order valence-corrected chi connectivity index (χ1v) is 5.84. The molecule has 2 rings (SSSR count). The van der Waals surface area contributed by atoms with Gasteiger partial charge in [-0.15, -0.1) is 0 Å². The maximum atomic E-state index is 11.7. The molecule has 2 aromatic heterocycles. The monoisotopic (exact) mass is 265 g/mol. The fourth-order valence-electron chi connectivity index (χ4n) is 1.69. The molecule has 0 saturated heterocycles. The highest BCUT2D eigenvalue weighted by molar-refractivity contribution is 5.60. The first kappa shape index (κ1) is 12.9. The van der Waals surface area contributed by atoms with Crippen LogP contribution in [0.2, 0.25) is 0 Å². The van der Waals surface area contributed by atoms with Gasteiger partial charge >= 0.3 is 5.69 Å². The smallest absolute Gasteiger partial charge is 0.330 e. The zero-order chi connectivity index (χ0) is 13.8. The lowest BCUT2D eigenvalue weighted by atomic mass is 10.4. The quantitative estimate of drug-likeness (QED) is 0.562. The highest BCUT2D eigenvalue weighted by Crippen LogP contribution is 2.10. The maximum absolute atomic E-state index is 11.7. The third-order valence-electron chi connectivity index (χ3n) is 2.58. The molecule has 0 saturated carbocycles. The second-order valence-electron chi connectivity index (χ2n) is 3.96. The second-order valence-corrected chi connectivity index (χ2v) is 3.96. The van der Waals surface area contributed by atoms with Gasteiger partial charge in [0.1, 0.15) is 23.7 Å². The Morgan fingerprint density at radius 1 is 1.47 bits per heavy atom. The molecule has 0 amide bonds. The normalized spacial score (nSPS) is 10.6. The van der Waals surface area contributed by atoms with E-state index in [2.05, 4.69) is 25.5 Å². The first-order chi connectivity index (χ1) is 9.13. The van der Waals surface area contributed by atoms with E-state index in [1.807, 2.05) is 6.92 Å². The predicted molar refractivity (Wildman–Crippen MR) is 69.7 cm³/mol. The summed E-state index contributed by atoms with van der Waals surface area (Å²) in [6, 6.07) is 0. The van der Waals surface area contributed by atoms with E-state index in [9.17, 15) is 9.59 Å². The number of nitrogens with two attached hydrogens (primary N) is 1. The highest BCUT2D eigenvalue weighted by Gasteiger charge is 2.11. The minimum Gasteiger partial charge on any atom is -0.383 e. The number of aromatic nitrogens is 5. The summed E-state index contributed by atoms with van der Waals surface area (Å²) in [5.74, 6) is 0.683. The summed E-state index contributed by atoms with van der Waals surface area (Å²) in [5, 5.41) is 9.19. The molecule has 0 aliphatic heterocycles. The summed E-state index contributed by atoms with van der Waals surface area (Å²) >= 11 is 0. The number of nitrogen functional groups attached to an aromatic ring is 1. The molecule has 9 nitrogen and oxygen atoms in total. The zero-order valence-electron chi connectivity index (χ0n) is 10.4. The number of H-pyrrole nitrogens is 2. The molecule has 0 bridgehead atoms. The van der Waals surface area contributed by atoms with E-state index in [1.165, 1.54) is 10.9 Å². The van der Waals surface area contributed by atoms with Crippen molar-refractivity contribution >= 4 is 11.5 Å². The number of nitrogens with zero attached hydrogens (tertiary/aromatic N) is 3. The topological polar surface area (TPSA) is 134 Å². The minimum atomic E-state index is -0.547. The predicted octanol–water partition coefficient (Wildman–Crippen LogP) is -0.741. The molecule has 0 aromatic carbocycles. The number of hydrogen-bond donors (Lipinski definition) is 4. The lowest BCUT2D eigenvalue weighted by molar-refractivity contribution is 0.642. The molecular formula is C10H15N7O2. The SMILES string of the molecule is CCCn1c(N)c(NCc2ncn[nH]2)c(=O)[nH]c1=O. The Kier molecular flexibility index (Phi) is 3.64. The number of hydrogen-bond acceptors (Lipinski definition) is 6. The van der Waals surface area contributed by atoms with Gasteiger partial charge in [0.05, 0.1) is 6.54 Å². The Morgan fingerprint density at radius 3 is 2.89 bits per heavy atom. The van der Waals surface area contributed by atoms with Crippen LogP contribution in [0.3, 0.4) is 0 Å². The zero-order valence-corrected chi connectivity index (χ0v) is 10.4. The summed E-state index contributed by atoms with van der Waals surface area (Å²) in [5.41, 5.74) is 4.95. The second kappa shape index (κ2) is 5.38. The van der Waals surface area contributed by atoms with Crippen molar-refractivity contribution in [2.75, 3.05) is 11.1 Å². The average molecular weight is 265 g/mol. The van der Waals surface area contributed by atoms with Crippen LogP contribution in [-0.2, 0) is 13.1 Å². The average Bonchev–Trinajstić information content (AvgIpc) is 2.87. The third-order valence-corrected chi connectivity index (χ3v) is 2.58. The number of rotatable bonds is 5. The molecule has 2 aromatic rings. The largest absolute Gasteiger partial charge is 0.383 e. The molecule has 0 fully saturated rings. The summed E-state index contributed by atoms with van der Waals surface area (Å²) in [7, 11) is 0. The molecule has 19 heavy (non-hydrogen) atoms. The van der Waals surface area contributed by atoms with Crippen molar-refractivity contribution in [1.82, 2.24) is 24.7 Å². The summed E-state index contributed by atoms with van der Waals surface area (Å²) in [6.45, 7) is 2.62. The van der Waals surface area contributed by atoms with E-state index in [0.717, 1.165) is 6.42 Å².